The van der Waals surface area contributed by atoms with Crippen molar-refractivity contribution in [2.75, 3.05) is 6.54 Å². The maximum absolute atomic E-state index is 11.4. The van der Waals surface area contributed by atoms with Crippen LogP contribution in [0.3, 0.4) is 0 Å². The number of carbonyl (C=O) groups excluding carboxylic acids is 1. The van der Waals surface area contributed by atoms with Gasteiger partial charge in [-0.05, 0) is 18.1 Å². The van der Waals surface area contributed by atoms with E-state index in [1.165, 1.54) is 10.9 Å². The van der Waals surface area contributed by atoms with Gasteiger partial charge in [0, 0.05) is 23.1 Å². The van der Waals surface area contributed by atoms with Crippen molar-refractivity contribution >= 4 is 16.8 Å². The number of benzene rings is 1. The predicted octanol–water partition coefficient (Wildman–Crippen LogP) is 1.38. The van der Waals surface area contributed by atoms with Crippen LogP contribution in [0.15, 0.2) is 24.3 Å². The Morgan fingerprint density at radius 3 is 3.00 bits per heavy atom. The maximum atomic E-state index is 11.4. The average Bonchev–Trinajstić information content (AvgIpc) is 2.46. The lowest BCUT2D eigenvalue weighted by molar-refractivity contribution is -0.120. The topological polar surface area (TPSA) is 44.9 Å². The van der Waals surface area contributed by atoms with E-state index in [0.29, 0.717) is 6.42 Å². The molecule has 0 aliphatic carbocycles. The lowest BCUT2D eigenvalue weighted by Crippen LogP contribution is -2.24. The van der Waals surface area contributed by atoms with E-state index in [4.69, 9.17) is 0 Å². The summed E-state index contributed by atoms with van der Waals surface area (Å²) < 4.78 is 0. The predicted molar refractivity (Wildman–Crippen MR) is 58.7 cm³/mol. The maximum Gasteiger partial charge on any atom is 0.225 e. The van der Waals surface area contributed by atoms with Crippen LogP contribution in [0, 0.1) is 0 Å². The lowest BCUT2D eigenvalue weighted by atomic mass is 10.1. The van der Waals surface area contributed by atoms with Crippen molar-refractivity contribution in [1.82, 2.24) is 10.3 Å². The molecule has 3 rings (SSSR count). The van der Waals surface area contributed by atoms with Crippen molar-refractivity contribution < 1.29 is 4.79 Å². The molecule has 0 unspecified atom stereocenters. The molecule has 1 aromatic carbocycles. The van der Waals surface area contributed by atoms with Crippen LogP contribution in [-0.4, -0.2) is 17.4 Å². The number of nitrogens with one attached hydrogen (secondary N) is 2. The average molecular weight is 200 g/mol. The minimum absolute atomic E-state index is 0.111. The highest BCUT2D eigenvalue weighted by atomic mass is 16.1. The van der Waals surface area contributed by atoms with Gasteiger partial charge in [-0.1, -0.05) is 18.2 Å². The van der Waals surface area contributed by atoms with E-state index >= 15 is 0 Å². The molecule has 2 N–H and O–H groups in total. The summed E-state index contributed by atoms with van der Waals surface area (Å²) in [6.07, 6.45) is 1.40. The van der Waals surface area contributed by atoms with Crippen LogP contribution in [0.4, 0.5) is 0 Å². The van der Waals surface area contributed by atoms with Crippen LogP contribution < -0.4 is 5.32 Å². The number of H-pyrrole nitrogens is 1. The van der Waals surface area contributed by atoms with E-state index in [0.717, 1.165) is 24.2 Å². The molecule has 0 radical (unpaired) electrons. The summed E-state index contributed by atoms with van der Waals surface area (Å²) in [4.78, 5) is 14.7. The number of aromatic nitrogens is 1. The van der Waals surface area contributed by atoms with Crippen molar-refractivity contribution in [1.29, 1.82) is 0 Å². The highest BCUT2D eigenvalue weighted by molar-refractivity contribution is 5.88. The van der Waals surface area contributed by atoms with Crippen molar-refractivity contribution in [3.63, 3.8) is 0 Å². The van der Waals surface area contributed by atoms with Gasteiger partial charge >= 0.3 is 0 Å². The lowest BCUT2D eigenvalue weighted by Gasteiger charge is -1.97. The van der Waals surface area contributed by atoms with Crippen LogP contribution in [0.1, 0.15) is 11.3 Å². The number of carbonyl (C=O) groups is 1. The first-order valence-corrected chi connectivity index (χ1v) is 5.20. The summed E-state index contributed by atoms with van der Waals surface area (Å²) in [5, 5.41) is 4.14. The molecule has 1 amide bonds. The second kappa shape index (κ2) is 3.12. The number of rotatable bonds is 0. The molecule has 0 atom stereocenters. The Balaban J connectivity index is 2.23. The van der Waals surface area contributed by atoms with Gasteiger partial charge in [0.15, 0.2) is 0 Å². The van der Waals surface area contributed by atoms with E-state index in [1.54, 1.807) is 0 Å². The summed E-state index contributed by atoms with van der Waals surface area (Å²) >= 11 is 0. The molecule has 0 saturated carbocycles. The third kappa shape index (κ3) is 1.31. The van der Waals surface area contributed by atoms with Crippen molar-refractivity contribution in [3.05, 3.63) is 35.5 Å². The Morgan fingerprint density at radius 2 is 2.07 bits per heavy atom. The van der Waals surface area contributed by atoms with Crippen LogP contribution >= 0.6 is 0 Å². The fraction of sp³-hybridized carbons (Fsp3) is 0.250. The zero-order chi connectivity index (χ0) is 10.3. The number of hydrogen-bond donors (Lipinski definition) is 2. The summed E-state index contributed by atoms with van der Waals surface area (Å²) in [5.41, 5.74) is 3.51. The normalized spacial score (nSPS) is 15.9. The standard InChI is InChI=1S/C12H12N2O/c15-12-7-11-9(5-6-13-12)8-3-1-2-4-10(8)14-11/h1-4,14H,5-7H2,(H,13,15). The molecular weight excluding hydrogens is 188 g/mol. The fourth-order valence-electron chi connectivity index (χ4n) is 2.24. The molecule has 1 aliphatic heterocycles. The van der Waals surface area contributed by atoms with Crippen molar-refractivity contribution in [3.8, 4) is 0 Å². The van der Waals surface area contributed by atoms with E-state index in [-0.39, 0.29) is 5.91 Å². The zero-order valence-corrected chi connectivity index (χ0v) is 8.34. The molecule has 0 spiro atoms. The molecule has 3 nitrogen and oxygen atoms in total. The molecule has 0 bridgehead atoms. The van der Waals surface area contributed by atoms with Gasteiger partial charge in [-0.2, -0.15) is 0 Å². The highest BCUT2D eigenvalue weighted by Crippen LogP contribution is 2.24. The van der Waals surface area contributed by atoms with E-state index in [9.17, 15) is 4.79 Å². The zero-order valence-electron chi connectivity index (χ0n) is 8.34. The van der Waals surface area contributed by atoms with Gasteiger partial charge in [-0.15, -0.1) is 0 Å². The first-order valence-electron chi connectivity index (χ1n) is 5.20. The summed E-state index contributed by atoms with van der Waals surface area (Å²) in [7, 11) is 0. The Labute approximate surface area is 87.5 Å². The van der Waals surface area contributed by atoms with Crippen LogP contribution in [0.5, 0.6) is 0 Å². The molecule has 76 valence electrons. The monoisotopic (exact) mass is 200 g/mol. The van der Waals surface area contributed by atoms with E-state index < -0.39 is 0 Å². The summed E-state index contributed by atoms with van der Waals surface area (Å²) in [6, 6.07) is 8.22. The minimum atomic E-state index is 0.111. The van der Waals surface area contributed by atoms with E-state index in [1.807, 2.05) is 12.1 Å². The van der Waals surface area contributed by atoms with Crippen LogP contribution in [-0.2, 0) is 17.6 Å². The van der Waals surface area contributed by atoms with Crippen molar-refractivity contribution in [2.45, 2.75) is 12.8 Å². The largest absolute Gasteiger partial charge is 0.358 e. The van der Waals surface area contributed by atoms with Gasteiger partial charge in [0.1, 0.15) is 0 Å². The van der Waals surface area contributed by atoms with Gasteiger partial charge in [0.05, 0.1) is 6.42 Å². The molecule has 15 heavy (non-hydrogen) atoms. The van der Waals surface area contributed by atoms with Gasteiger partial charge in [0.25, 0.3) is 0 Å². The SMILES string of the molecule is O=C1Cc2[nH]c3ccccc3c2CCN1. The number of para-hydroxylation sites is 1. The quantitative estimate of drug-likeness (QED) is 0.663. The van der Waals surface area contributed by atoms with E-state index in [2.05, 4.69) is 22.4 Å². The molecule has 0 saturated heterocycles. The van der Waals surface area contributed by atoms with Crippen molar-refractivity contribution in [2.24, 2.45) is 0 Å². The summed E-state index contributed by atoms with van der Waals surface area (Å²) in [5.74, 6) is 0.111. The van der Waals surface area contributed by atoms with Gasteiger partial charge in [-0.25, -0.2) is 0 Å². The molecule has 2 heterocycles. The second-order valence-corrected chi connectivity index (χ2v) is 3.90. The Kier molecular flexibility index (Phi) is 1.78. The number of hydrogen-bond acceptors (Lipinski definition) is 1. The summed E-state index contributed by atoms with van der Waals surface area (Å²) in [6.45, 7) is 0.744. The number of amides is 1. The number of fused-ring (bicyclic) bond motifs is 3. The smallest absolute Gasteiger partial charge is 0.225 e. The molecule has 3 heteroatoms. The first kappa shape index (κ1) is 8.53. The number of aromatic amines is 1. The third-order valence-electron chi connectivity index (χ3n) is 2.94. The Morgan fingerprint density at radius 1 is 1.20 bits per heavy atom. The van der Waals surface area contributed by atoms with Gasteiger partial charge in [-0.3, -0.25) is 4.79 Å². The third-order valence-corrected chi connectivity index (χ3v) is 2.94. The molecule has 1 aliphatic rings. The minimum Gasteiger partial charge on any atom is -0.358 e. The second-order valence-electron chi connectivity index (χ2n) is 3.90. The molecular formula is C12H12N2O. The Bertz CT molecular complexity index is 527. The first-order chi connectivity index (χ1) is 7.34. The molecule has 1 aromatic heterocycles. The fourth-order valence-corrected chi connectivity index (χ4v) is 2.24. The Hall–Kier alpha value is -1.77. The highest BCUT2D eigenvalue weighted by Gasteiger charge is 2.17. The molecule has 0 fully saturated rings. The van der Waals surface area contributed by atoms with Crippen LogP contribution in [0.2, 0.25) is 0 Å². The van der Waals surface area contributed by atoms with Gasteiger partial charge < -0.3 is 10.3 Å². The van der Waals surface area contributed by atoms with Gasteiger partial charge in [0.2, 0.25) is 5.91 Å². The van der Waals surface area contributed by atoms with Crippen LogP contribution in [0.25, 0.3) is 10.9 Å². The molecule has 2 aromatic rings.